The summed E-state index contributed by atoms with van der Waals surface area (Å²) in [6.07, 6.45) is 5.59. The van der Waals surface area contributed by atoms with E-state index in [-0.39, 0.29) is 12.4 Å². The molecule has 0 spiro atoms. The number of nitrogens with zero attached hydrogens (tertiary/aromatic N) is 2. The van der Waals surface area contributed by atoms with Crippen LogP contribution in [0.4, 0.5) is 0 Å². The van der Waals surface area contributed by atoms with E-state index in [1.54, 1.807) is 6.33 Å². The molecular formula is C9H12ClN3. The van der Waals surface area contributed by atoms with Crippen LogP contribution < -0.4 is 0 Å². The van der Waals surface area contributed by atoms with Crippen LogP contribution in [0.1, 0.15) is 24.2 Å². The number of H-pyrrole nitrogens is 1. The van der Waals surface area contributed by atoms with Crippen molar-refractivity contribution in [2.45, 2.75) is 25.7 Å². The molecule has 1 unspecified atom stereocenters. The Balaban J connectivity index is 0.000000845. The molecule has 0 amide bonds. The van der Waals surface area contributed by atoms with Gasteiger partial charge in [0, 0.05) is 12.1 Å². The molecule has 4 heteroatoms. The van der Waals surface area contributed by atoms with Gasteiger partial charge in [-0.3, -0.25) is 0 Å². The molecule has 1 N–H and O–H groups in total. The lowest BCUT2D eigenvalue weighted by Crippen LogP contribution is -2.13. The van der Waals surface area contributed by atoms with Gasteiger partial charge in [0.15, 0.2) is 0 Å². The highest BCUT2D eigenvalue weighted by molar-refractivity contribution is 5.85. The number of nitriles is 1. The molecular weight excluding hydrogens is 186 g/mol. The summed E-state index contributed by atoms with van der Waals surface area (Å²) < 4.78 is 0. The summed E-state index contributed by atoms with van der Waals surface area (Å²) in [5, 5.41) is 8.54. The maximum Gasteiger partial charge on any atom is 0.0925 e. The number of halogens is 1. The third kappa shape index (κ3) is 2.02. The number of imidazole rings is 1. The summed E-state index contributed by atoms with van der Waals surface area (Å²) in [6.45, 7) is 0. The summed E-state index contributed by atoms with van der Waals surface area (Å²) in [5.74, 6) is 0.533. The second-order valence-electron chi connectivity index (χ2n) is 3.30. The van der Waals surface area contributed by atoms with Crippen LogP contribution in [0, 0.1) is 17.2 Å². The van der Waals surface area contributed by atoms with E-state index in [9.17, 15) is 0 Å². The van der Waals surface area contributed by atoms with E-state index in [0.717, 1.165) is 19.3 Å². The molecule has 1 atom stereocenters. The minimum absolute atomic E-state index is 0. The topological polar surface area (TPSA) is 52.5 Å². The third-order valence-electron chi connectivity index (χ3n) is 2.47. The minimum atomic E-state index is 0. The largest absolute Gasteiger partial charge is 0.348 e. The molecule has 0 aliphatic heterocycles. The zero-order valence-corrected chi connectivity index (χ0v) is 8.10. The molecule has 2 rings (SSSR count). The molecule has 1 aromatic rings. The summed E-state index contributed by atoms with van der Waals surface area (Å²) in [6, 6.07) is 2.22. The Bertz CT molecular complexity index is 313. The van der Waals surface area contributed by atoms with Gasteiger partial charge >= 0.3 is 0 Å². The molecule has 1 aliphatic carbocycles. The first-order chi connectivity index (χ1) is 5.90. The lowest BCUT2D eigenvalue weighted by Gasteiger charge is -2.17. The van der Waals surface area contributed by atoms with Gasteiger partial charge in [0.25, 0.3) is 0 Å². The fourth-order valence-electron chi connectivity index (χ4n) is 1.77. The van der Waals surface area contributed by atoms with Crippen LogP contribution in [0.2, 0.25) is 0 Å². The monoisotopic (exact) mass is 197 g/mol. The van der Waals surface area contributed by atoms with Gasteiger partial charge in [0.2, 0.25) is 0 Å². The third-order valence-corrected chi connectivity index (χ3v) is 2.47. The van der Waals surface area contributed by atoms with Gasteiger partial charge in [-0.1, -0.05) is 0 Å². The van der Waals surface area contributed by atoms with Gasteiger partial charge in [0.1, 0.15) is 0 Å². The molecule has 0 bridgehead atoms. The van der Waals surface area contributed by atoms with E-state index < -0.39 is 0 Å². The number of hydrogen-bond donors (Lipinski definition) is 1. The Kier molecular flexibility index (Phi) is 3.32. The van der Waals surface area contributed by atoms with Crippen molar-refractivity contribution in [2.24, 2.45) is 5.92 Å². The quantitative estimate of drug-likeness (QED) is 0.747. The smallest absolute Gasteiger partial charge is 0.0925 e. The average molecular weight is 198 g/mol. The Hall–Kier alpha value is -1.01. The van der Waals surface area contributed by atoms with Gasteiger partial charge in [0.05, 0.1) is 18.1 Å². The van der Waals surface area contributed by atoms with Crippen molar-refractivity contribution >= 4 is 12.4 Å². The average Bonchev–Trinajstić information content (AvgIpc) is 2.51. The molecule has 0 radical (unpaired) electrons. The molecule has 1 aromatic heterocycles. The van der Waals surface area contributed by atoms with Crippen molar-refractivity contribution in [3.8, 4) is 6.07 Å². The highest BCUT2D eigenvalue weighted by atomic mass is 35.5. The van der Waals surface area contributed by atoms with Crippen LogP contribution in [-0.4, -0.2) is 9.97 Å². The molecule has 1 aliphatic rings. The lowest BCUT2D eigenvalue weighted by molar-refractivity contribution is 0.460. The molecule has 0 fully saturated rings. The van der Waals surface area contributed by atoms with Crippen LogP contribution in [0.5, 0.6) is 0 Å². The second kappa shape index (κ2) is 4.29. The number of rotatable bonds is 1. The first-order valence-corrected chi connectivity index (χ1v) is 4.28. The lowest BCUT2D eigenvalue weighted by atomic mass is 9.88. The van der Waals surface area contributed by atoms with E-state index in [1.807, 2.05) is 0 Å². The SMILES string of the molecule is Cl.N#CCC1CCc2[nH]cnc2C1. The number of hydrogen-bond acceptors (Lipinski definition) is 2. The minimum Gasteiger partial charge on any atom is -0.348 e. The van der Waals surface area contributed by atoms with E-state index in [0.29, 0.717) is 12.3 Å². The summed E-state index contributed by atoms with van der Waals surface area (Å²) in [4.78, 5) is 7.35. The van der Waals surface area contributed by atoms with E-state index in [1.165, 1.54) is 11.4 Å². The van der Waals surface area contributed by atoms with E-state index in [2.05, 4.69) is 16.0 Å². The van der Waals surface area contributed by atoms with Crippen molar-refractivity contribution in [1.82, 2.24) is 9.97 Å². The number of aryl methyl sites for hydroxylation is 1. The number of nitrogens with one attached hydrogen (secondary N) is 1. The van der Waals surface area contributed by atoms with Gasteiger partial charge in [-0.25, -0.2) is 4.98 Å². The highest BCUT2D eigenvalue weighted by Crippen LogP contribution is 2.24. The molecule has 3 nitrogen and oxygen atoms in total. The maximum absolute atomic E-state index is 8.54. The fraction of sp³-hybridized carbons (Fsp3) is 0.556. The molecule has 13 heavy (non-hydrogen) atoms. The maximum atomic E-state index is 8.54. The predicted octanol–water partition coefficient (Wildman–Crippen LogP) is 1.85. The second-order valence-corrected chi connectivity index (χ2v) is 3.30. The molecule has 1 heterocycles. The van der Waals surface area contributed by atoms with Crippen LogP contribution in [-0.2, 0) is 12.8 Å². The van der Waals surface area contributed by atoms with Crippen molar-refractivity contribution in [3.63, 3.8) is 0 Å². The van der Waals surface area contributed by atoms with E-state index in [4.69, 9.17) is 5.26 Å². The van der Waals surface area contributed by atoms with Gasteiger partial charge in [-0.2, -0.15) is 5.26 Å². The van der Waals surface area contributed by atoms with Gasteiger partial charge in [-0.15, -0.1) is 12.4 Å². The van der Waals surface area contributed by atoms with Crippen LogP contribution in [0.3, 0.4) is 0 Å². The van der Waals surface area contributed by atoms with Crippen LogP contribution in [0.15, 0.2) is 6.33 Å². The summed E-state index contributed by atoms with van der Waals surface area (Å²) >= 11 is 0. The van der Waals surface area contributed by atoms with Crippen molar-refractivity contribution in [1.29, 1.82) is 5.26 Å². The van der Waals surface area contributed by atoms with Crippen LogP contribution in [0.25, 0.3) is 0 Å². The summed E-state index contributed by atoms with van der Waals surface area (Å²) in [7, 11) is 0. The number of aromatic nitrogens is 2. The Labute approximate surface area is 83.6 Å². The Morgan fingerprint density at radius 3 is 3.31 bits per heavy atom. The number of aromatic amines is 1. The first-order valence-electron chi connectivity index (χ1n) is 4.28. The zero-order chi connectivity index (χ0) is 8.39. The molecule has 0 saturated heterocycles. The van der Waals surface area contributed by atoms with Crippen LogP contribution >= 0.6 is 12.4 Å². The molecule has 70 valence electrons. The van der Waals surface area contributed by atoms with E-state index >= 15 is 0 Å². The standard InChI is InChI=1S/C9H11N3.ClH/c10-4-3-7-1-2-8-9(5-7)12-6-11-8;/h6-7H,1-3,5H2,(H,11,12);1H. The zero-order valence-electron chi connectivity index (χ0n) is 7.29. The van der Waals surface area contributed by atoms with Crippen molar-refractivity contribution in [2.75, 3.05) is 0 Å². The van der Waals surface area contributed by atoms with Crippen molar-refractivity contribution in [3.05, 3.63) is 17.7 Å². The van der Waals surface area contributed by atoms with Gasteiger partial charge in [-0.05, 0) is 25.2 Å². The molecule has 0 saturated carbocycles. The normalized spacial score (nSPS) is 19.8. The first kappa shape index (κ1) is 10.1. The van der Waals surface area contributed by atoms with Gasteiger partial charge < -0.3 is 4.98 Å². The molecule has 0 aromatic carbocycles. The highest BCUT2D eigenvalue weighted by Gasteiger charge is 2.19. The van der Waals surface area contributed by atoms with Crippen molar-refractivity contribution < 1.29 is 0 Å². The Morgan fingerprint density at radius 1 is 1.69 bits per heavy atom. The Morgan fingerprint density at radius 2 is 2.54 bits per heavy atom. The predicted molar refractivity (Wildman–Crippen MR) is 51.6 cm³/mol. The number of fused-ring (bicyclic) bond motifs is 1. The fourth-order valence-corrected chi connectivity index (χ4v) is 1.77. The summed E-state index contributed by atoms with van der Waals surface area (Å²) in [5.41, 5.74) is 2.44.